The second-order valence-corrected chi connectivity index (χ2v) is 7.29. The molecule has 0 unspecified atom stereocenters. The Morgan fingerprint density at radius 2 is 2.07 bits per heavy atom. The van der Waals surface area contributed by atoms with Gasteiger partial charge in [-0.3, -0.25) is 4.79 Å². The van der Waals surface area contributed by atoms with E-state index in [1.54, 1.807) is 6.07 Å². The molecule has 0 spiro atoms. The van der Waals surface area contributed by atoms with E-state index in [1.807, 2.05) is 43.3 Å². The number of carbonyl (C=O) groups is 1. The molecule has 0 aliphatic rings. The number of aliphatic imine (C=N–C) groups is 1. The predicted octanol–water partition coefficient (Wildman–Crippen LogP) is 4.40. The average Bonchev–Trinajstić information content (AvgIpc) is 3.12. The lowest BCUT2D eigenvalue weighted by Gasteiger charge is -2.05. The quantitative estimate of drug-likeness (QED) is 0.417. The summed E-state index contributed by atoms with van der Waals surface area (Å²) in [4.78, 5) is 16.6. The fraction of sp³-hybridized carbons (Fsp3) is 0.158. The summed E-state index contributed by atoms with van der Waals surface area (Å²) in [5.74, 6) is -0.0576. The Morgan fingerprint density at radius 1 is 1.29 bits per heavy atom. The second-order valence-electron chi connectivity index (χ2n) is 6.03. The van der Waals surface area contributed by atoms with Gasteiger partial charge in [0.15, 0.2) is 11.5 Å². The minimum Gasteiger partial charge on any atom is -0.382 e. The molecule has 3 rings (SSSR count). The molecule has 7 nitrogen and oxygen atoms in total. The maximum Gasteiger partial charge on any atom is 0.226 e. The molecular weight excluding hydrogens is 446 g/mol. The van der Waals surface area contributed by atoms with Crippen LogP contribution >= 0.6 is 27.5 Å². The summed E-state index contributed by atoms with van der Waals surface area (Å²) in [6.45, 7) is 1.97. The van der Waals surface area contributed by atoms with Crippen LogP contribution in [-0.4, -0.2) is 22.1 Å². The topological polar surface area (TPSA) is 106 Å². The standard InChI is InChI=1S/C19H17BrClN5O2/c1-11-6-8-13(10-14(11)20)23-18(22)17-19(26-28-25-17)24-16(27)9-7-12-4-2-3-5-15(12)21/h2-6,8,10H,7,9H2,1H3,(H2,22,23)(H,24,26,27). The molecule has 3 aromatic rings. The number of nitrogens with zero attached hydrogens (tertiary/aromatic N) is 3. The van der Waals surface area contributed by atoms with E-state index >= 15 is 0 Å². The smallest absolute Gasteiger partial charge is 0.226 e. The molecule has 9 heteroatoms. The number of amides is 1. The summed E-state index contributed by atoms with van der Waals surface area (Å²) < 4.78 is 5.63. The molecule has 0 saturated heterocycles. The molecule has 0 saturated carbocycles. The van der Waals surface area contributed by atoms with Gasteiger partial charge in [0.1, 0.15) is 0 Å². The highest BCUT2D eigenvalue weighted by Crippen LogP contribution is 2.23. The fourth-order valence-electron chi connectivity index (χ4n) is 2.43. The van der Waals surface area contributed by atoms with Crippen molar-refractivity contribution in [3.8, 4) is 0 Å². The Bertz CT molecular complexity index is 1030. The van der Waals surface area contributed by atoms with Crippen molar-refractivity contribution in [2.45, 2.75) is 19.8 Å². The van der Waals surface area contributed by atoms with Crippen molar-refractivity contribution >= 4 is 50.8 Å². The molecule has 0 atom stereocenters. The zero-order chi connectivity index (χ0) is 20.1. The molecule has 0 radical (unpaired) electrons. The highest BCUT2D eigenvalue weighted by Gasteiger charge is 2.17. The number of halogens is 2. The molecule has 0 fully saturated rings. The fourth-order valence-corrected chi connectivity index (χ4v) is 3.02. The maximum atomic E-state index is 12.3. The summed E-state index contributed by atoms with van der Waals surface area (Å²) >= 11 is 9.56. The number of hydrogen-bond donors (Lipinski definition) is 2. The Morgan fingerprint density at radius 3 is 2.82 bits per heavy atom. The van der Waals surface area contributed by atoms with Crippen molar-refractivity contribution in [1.29, 1.82) is 0 Å². The van der Waals surface area contributed by atoms with Gasteiger partial charge < -0.3 is 11.1 Å². The van der Waals surface area contributed by atoms with Crippen molar-refractivity contribution in [3.63, 3.8) is 0 Å². The zero-order valence-electron chi connectivity index (χ0n) is 14.9. The molecule has 1 heterocycles. The number of rotatable bonds is 6. The van der Waals surface area contributed by atoms with E-state index < -0.39 is 0 Å². The summed E-state index contributed by atoms with van der Waals surface area (Å²) in [6.07, 6.45) is 0.713. The van der Waals surface area contributed by atoms with E-state index in [0.717, 1.165) is 15.6 Å². The maximum absolute atomic E-state index is 12.3. The monoisotopic (exact) mass is 461 g/mol. The number of hydrogen-bond acceptors (Lipinski definition) is 5. The van der Waals surface area contributed by atoms with Crippen LogP contribution in [-0.2, 0) is 11.2 Å². The summed E-state index contributed by atoms with van der Waals surface area (Å²) in [6, 6.07) is 12.9. The lowest BCUT2D eigenvalue weighted by Crippen LogP contribution is -2.19. The van der Waals surface area contributed by atoms with E-state index in [-0.39, 0.29) is 29.7 Å². The van der Waals surface area contributed by atoms with E-state index in [2.05, 4.69) is 36.6 Å². The number of aromatic nitrogens is 2. The summed E-state index contributed by atoms with van der Waals surface area (Å²) in [7, 11) is 0. The van der Waals surface area contributed by atoms with Gasteiger partial charge in [-0.25, -0.2) is 9.62 Å². The minimum atomic E-state index is -0.261. The largest absolute Gasteiger partial charge is 0.382 e. The molecule has 28 heavy (non-hydrogen) atoms. The number of nitrogens with two attached hydrogens (primary N) is 1. The van der Waals surface area contributed by atoms with Gasteiger partial charge in [-0.05, 0) is 53.0 Å². The first-order valence-electron chi connectivity index (χ1n) is 8.40. The molecule has 1 aromatic heterocycles. The summed E-state index contributed by atoms with van der Waals surface area (Å²) in [5, 5.41) is 10.7. The number of aryl methyl sites for hydroxylation is 2. The normalized spacial score (nSPS) is 11.5. The Hall–Kier alpha value is -2.71. The van der Waals surface area contributed by atoms with Crippen LogP contribution in [0.15, 0.2) is 56.6 Å². The van der Waals surface area contributed by atoms with Gasteiger partial charge in [0.05, 0.1) is 5.69 Å². The van der Waals surface area contributed by atoms with Crippen LogP contribution in [0.5, 0.6) is 0 Å². The molecular formula is C19H17BrClN5O2. The van der Waals surface area contributed by atoms with Crippen LogP contribution in [0, 0.1) is 6.92 Å². The van der Waals surface area contributed by atoms with Gasteiger partial charge in [0.2, 0.25) is 11.7 Å². The van der Waals surface area contributed by atoms with Gasteiger partial charge in [-0.1, -0.05) is 51.8 Å². The number of carbonyl (C=O) groups excluding carboxylic acids is 1. The first-order valence-corrected chi connectivity index (χ1v) is 9.57. The first kappa shape index (κ1) is 20.0. The van der Waals surface area contributed by atoms with Crippen LogP contribution in [0.3, 0.4) is 0 Å². The zero-order valence-corrected chi connectivity index (χ0v) is 17.3. The number of anilines is 1. The third-order valence-corrected chi connectivity index (χ3v) is 5.20. The van der Waals surface area contributed by atoms with E-state index in [1.165, 1.54) is 0 Å². The molecule has 0 aliphatic heterocycles. The molecule has 2 aromatic carbocycles. The van der Waals surface area contributed by atoms with Crippen LogP contribution in [0.25, 0.3) is 0 Å². The number of nitrogens with one attached hydrogen (secondary N) is 1. The number of benzene rings is 2. The Kier molecular flexibility index (Phi) is 6.43. The third-order valence-electron chi connectivity index (χ3n) is 3.97. The van der Waals surface area contributed by atoms with Crippen molar-refractivity contribution in [2.24, 2.45) is 10.7 Å². The van der Waals surface area contributed by atoms with Gasteiger partial charge in [0.25, 0.3) is 0 Å². The van der Waals surface area contributed by atoms with Crippen LogP contribution in [0.1, 0.15) is 23.2 Å². The van der Waals surface area contributed by atoms with Gasteiger partial charge in [-0.15, -0.1) is 0 Å². The van der Waals surface area contributed by atoms with Gasteiger partial charge in [0, 0.05) is 15.9 Å². The molecule has 3 N–H and O–H groups in total. The number of amidine groups is 1. The van der Waals surface area contributed by atoms with Gasteiger partial charge in [-0.2, -0.15) is 0 Å². The highest BCUT2D eigenvalue weighted by molar-refractivity contribution is 9.10. The minimum absolute atomic E-state index is 0.0819. The van der Waals surface area contributed by atoms with Crippen LogP contribution < -0.4 is 11.1 Å². The van der Waals surface area contributed by atoms with Crippen molar-refractivity contribution in [3.05, 3.63) is 68.8 Å². The Balaban J connectivity index is 1.69. The van der Waals surface area contributed by atoms with Crippen molar-refractivity contribution in [2.75, 3.05) is 5.32 Å². The average molecular weight is 463 g/mol. The summed E-state index contributed by atoms with van der Waals surface area (Å²) in [5.41, 5.74) is 8.80. The second kappa shape index (κ2) is 8.99. The van der Waals surface area contributed by atoms with Crippen molar-refractivity contribution < 1.29 is 9.42 Å². The van der Waals surface area contributed by atoms with Crippen molar-refractivity contribution in [1.82, 2.24) is 10.3 Å². The first-order chi connectivity index (χ1) is 13.4. The van der Waals surface area contributed by atoms with Crippen LogP contribution in [0.4, 0.5) is 11.5 Å². The highest BCUT2D eigenvalue weighted by atomic mass is 79.9. The van der Waals surface area contributed by atoms with Crippen LogP contribution in [0.2, 0.25) is 5.02 Å². The van der Waals surface area contributed by atoms with E-state index in [4.69, 9.17) is 22.0 Å². The van der Waals surface area contributed by atoms with E-state index in [9.17, 15) is 4.79 Å². The molecule has 144 valence electrons. The lowest BCUT2D eigenvalue weighted by molar-refractivity contribution is -0.116. The predicted molar refractivity (Wildman–Crippen MR) is 112 cm³/mol. The SMILES string of the molecule is Cc1ccc(N=C(N)c2nonc2NC(=O)CCc2ccccc2Cl)cc1Br. The third kappa shape index (κ3) is 4.96. The molecule has 0 bridgehead atoms. The Labute approximate surface area is 175 Å². The molecule has 0 aliphatic carbocycles. The lowest BCUT2D eigenvalue weighted by atomic mass is 10.1. The van der Waals surface area contributed by atoms with E-state index in [0.29, 0.717) is 17.1 Å². The molecule has 1 amide bonds. The van der Waals surface area contributed by atoms with Gasteiger partial charge >= 0.3 is 0 Å².